The van der Waals surface area contributed by atoms with Crippen molar-refractivity contribution in [2.45, 2.75) is 20.0 Å². The van der Waals surface area contributed by atoms with Crippen molar-refractivity contribution in [1.82, 2.24) is 0 Å². The van der Waals surface area contributed by atoms with Crippen LogP contribution in [0.15, 0.2) is 0 Å². The lowest BCUT2D eigenvalue weighted by Gasteiger charge is -2.24. The van der Waals surface area contributed by atoms with E-state index in [4.69, 9.17) is 18.5 Å². The Hall–Kier alpha value is -0.500. The molecular formula is C12H27NO7P+. The topological polar surface area (TPSA) is 91.3 Å². The molecule has 0 bridgehead atoms. The van der Waals surface area contributed by atoms with E-state index < -0.39 is 19.9 Å². The Morgan fingerprint density at radius 1 is 1.24 bits per heavy atom. The van der Waals surface area contributed by atoms with Crippen LogP contribution in [0.5, 0.6) is 0 Å². The van der Waals surface area contributed by atoms with Crippen molar-refractivity contribution < 1.29 is 37.3 Å². The quantitative estimate of drug-likeness (QED) is 0.341. The summed E-state index contributed by atoms with van der Waals surface area (Å²) in [6.45, 7) is 3.94. The summed E-state index contributed by atoms with van der Waals surface area (Å²) in [5.41, 5.74) is 0. The largest absolute Gasteiger partial charge is 0.472 e. The third kappa shape index (κ3) is 12.9. The molecule has 0 saturated carbocycles. The Bertz CT molecular complexity index is 356. The number of quaternary nitrogens is 1. The standard InChI is InChI=1S/C12H26NO7P/c1-6-17-9-12(20-11(2)14)10-19-21(15,16)18-8-7-13(3,4)5/h12H,6-10H2,1-5H3/p+1. The minimum atomic E-state index is -4.16. The fourth-order valence-corrected chi connectivity index (χ4v) is 1.99. The summed E-state index contributed by atoms with van der Waals surface area (Å²) >= 11 is 0. The summed E-state index contributed by atoms with van der Waals surface area (Å²) in [7, 11) is 1.64. The highest BCUT2D eigenvalue weighted by atomic mass is 31.2. The van der Waals surface area contributed by atoms with Gasteiger partial charge in [-0.2, -0.15) is 0 Å². The average molecular weight is 328 g/mol. The molecule has 0 radical (unpaired) electrons. The van der Waals surface area contributed by atoms with Crippen molar-refractivity contribution in [3.8, 4) is 0 Å². The van der Waals surface area contributed by atoms with Crippen LogP contribution in [0.4, 0.5) is 0 Å². The minimum Gasteiger partial charge on any atom is -0.458 e. The SMILES string of the molecule is CCOCC(COP(=O)(O)OCC[N+](C)(C)C)OC(C)=O. The van der Waals surface area contributed by atoms with Gasteiger partial charge in [-0.3, -0.25) is 13.8 Å². The van der Waals surface area contributed by atoms with Crippen LogP contribution in [0.25, 0.3) is 0 Å². The molecule has 0 aliphatic rings. The van der Waals surface area contributed by atoms with Crippen molar-refractivity contribution >= 4 is 13.8 Å². The molecule has 0 rings (SSSR count). The van der Waals surface area contributed by atoms with Crippen LogP contribution in [-0.4, -0.2) is 75.6 Å². The van der Waals surface area contributed by atoms with E-state index in [0.29, 0.717) is 17.6 Å². The molecule has 0 aromatic carbocycles. The number of phosphoric acid groups is 1. The number of likely N-dealkylation sites (N-methyl/N-ethyl adjacent to an activating group) is 1. The molecule has 0 aliphatic carbocycles. The molecule has 0 saturated heterocycles. The third-order valence-electron chi connectivity index (χ3n) is 2.28. The van der Waals surface area contributed by atoms with Gasteiger partial charge < -0.3 is 18.9 Å². The number of rotatable bonds is 11. The first-order valence-electron chi connectivity index (χ1n) is 6.73. The van der Waals surface area contributed by atoms with E-state index >= 15 is 0 Å². The fourth-order valence-electron chi connectivity index (χ4n) is 1.24. The average Bonchev–Trinajstić information content (AvgIpc) is 2.30. The second-order valence-corrected chi connectivity index (χ2v) is 6.96. The van der Waals surface area contributed by atoms with Crippen LogP contribution < -0.4 is 0 Å². The Morgan fingerprint density at radius 2 is 1.86 bits per heavy atom. The second kappa shape index (κ2) is 9.50. The molecule has 0 aromatic rings. The first-order valence-corrected chi connectivity index (χ1v) is 8.22. The number of carbonyl (C=O) groups is 1. The number of phosphoric ester groups is 1. The molecule has 8 nitrogen and oxygen atoms in total. The van der Waals surface area contributed by atoms with E-state index in [0.717, 1.165) is 0 Å². The van der Waals surface area contributed by atoms with Gasteiger partial charge in [0.25, 0.3) is 0 Å². The summed E-state index contributed by atoms with van der Waals surface area (Å²) in [6.07, 6.45) is -0.745. The molecular weight excluding hydrogens is 301 g/mol. The second-order valence-electron chi connectivity index (χ2n) is 5.50. The van der Waals surface area contributed by atoms with Crippen LogP contribution in [0.3, 0.4) is 0 Å². The molecule has 9 heteroatoms. The summed E-state index contributed by atoms with van der Waals surface area (Å²) in [4.78, 5) is 20.5. The van der Waals surface area contributed by atoms with Crippen LogP contribution in [-0.2, 0) is 27.9 Å². The molecule has 2 atom stereocenters. The zero-order chi connectivity index (χ0) is 16.5. The van der Waals surface area contributed by atoms with Gasteiger partial charge in [0.1, 0.15) is 19.3 Å². The Morgan fingerprint density at radius 3 is 2.33 bits per heavy atom. The van der Waals surface area contributed by atoms with Crippen molar-refractivity contribution in [2.75, 3.05) is 54.1 Å². The van der Waals surface area contributed by atoms with Crippen LogP contribution >= 0.6 is 7.82 Å². The number of hydrogen-bond donors (Lipinski definition) is 1. The summed E-state index contributed by atoms with van der Waals surface area (Å²) in [5.74, 6) is -0.512. The van der Waals surface area contributed by atoms with Gasteiger partial charge in [0.05, 0.1) is 34.4 Å². The molecule has 0 aromatic heterocycles. The first kappa shape index (κ1) is 20.5. The molecule has 0 heterocycles. The van der Waals surface area contributed by atoms with Crippen LogP contribution in [0.1, 0.15) is 13.8 Å². The Labute approximate surface area is 126 Å². The normalized spacial score (nSPS) is 16.3. The van der Waals surface area contributed by atoms with Gasteiger partial charge in [-0.15, -0.1) is 0 Å². The lowest BCUT2D eigenvalue weighted by atomic mass is 10.4. The summed E-state index contributed by atoms with van der Waals surface area (Å²) in [5, 5.41) is 0. The van der Waals surface area contributed by atoms with Gasteiger partial charge in [-0.05, 0) is 6.92 Å². The molecule has 126 valence electrons. The summed E-state index contributed by atoms with van der Waals surface area (Å²) in [6, 6.07) is 0. The van der Waals surface area contributed by atoms with Crippen molar-refractivity contribution in [3.05, 3.63) is 0 Å². The van der Waals surface area contributed by atoms with Gasteiger partial charge in [-0.25, -0.2) is 4.57 Å². The van der Waals surface area contributed by atoms with Crippen molar-refractivity contribution in [3.63, 3.8) is 0 Å². The third-order valence-corrected chi connectivity index (χ3v) is 3.26. The van der Waals surface area contributed by atoms with E-state index in [9.17, 15) is 14.3 Å². The van der Waals surface area contributed by atoms with E-state index in [1.165, 1.54) is 6.92 Å². The zero-order valence-corrected chi connectivity index (χ0v) is 14.3. The molecule has 0 amide bonds. The number of hydrogen-bond acceptors (Lipinski definition) is 6. The molecule has 1 N–H and O–H groups in total. The molecule has 0 spiro atoms. The number of esters is 1. The highest BCUT2D eigenvalue weighted by Crippen LogP contribution is 2.43. The maximum Gasteiger partial charge on any atom is 0.472 e. The lowest BCUT2D eigenvalue weighted by molar-refractivity contribution is -0.870. The smallest absolute Gasteiger partial charge is 0.458 e. The van der Waals surface area contributed by atoms with Crippen LogP contribution in [0.2, 0.25) is 0 Å². The maximum absolute atomic E-state index is 11.7. The number of nitrogens with zero attached hydrogens (tertiary/aromatic N) is 1. The van der Waals surface area contributed by atoms with E-state index in [1.54, 1.807) is 6.92 Å². The van der Waals surface area contributed by atoms with Gasteiger partial charge in [0, 0.05) is 13.5 Å². The predicted octanol–water partition coefficient (Wildman–Crippen LogP) is 0.794. The van der Waals surface area contributed by atoms with E-state index in [-0.39, 0.29) is 19.8 Å². The van der Waals surface area contributed by atoms with E-state index in [1.807, 2.05) is 21.1 Å². The molecule has 2 unspecified atom stereocenters. The monoisotopic (exact) mass is 328 g/mol. The lowest BCUT2D eigenvalue weighted by Crippen LogP contribution is -2.37. The molecule has 0 aliphatic heterocycles. The van der Waals surface area contributed by atoms with Gasteiger partial charge >= 0.3 is 13.8 Å². The Kier molecular flexibility index (Phi) is 9.28. The first-order chi connectivity index (χ1) is 9.56. The highest BCUT2D eigenvalue weighted by Gasteiger charge is 2.25. The maximum atomic E-state index is 11.7. The van der Waals surface area contributed by atoms with E-state index in [2.05, 4.69) is 0 Å². The van der Waals surface area contributed by atoms with Crippen LogP contribution in [0, 0.1) is 0 Å². The number of carbonyl (C=O) groups excluding carboxylic acids is 1. The summed E-state index contributed by atoms with van der Waals surface area (Å²) < 4.78 is 32.0. The molecule has 21 heavy (non-hydrogen) atoms. The number of ether oxygens (including phenoxy) is 2. The van der Waals surface area contributed by atoms with Crippen molar-refractivity contribution in [1.29, 1.82) is 0 Å². The fraction of sp³-hybridized carbons (Fsp3) is 0.917. The zero-order valence-electron chi connectivity index (χ0n) is 13.4. The minimum absolute atomic E-state index is 0.0843. The highest BCUT2D eigenvalue weighted by molar-refractivity contribution is 7.47. The predicted molar refractivity (Wildman–Crippen MR) is 76.7 cm³/mol. The van der Waals surface area contributed by atoms with Crippen molar-refractivity contribution in [2.24, 2.45) is 0 Å². The Balaban J connectivity index is 4.21. The van der Waals surface area contributed by atoms with Gasteiger partial charge in [0.2, 0.25) is 0 Å². The van der Waals surface area contributed by atoms with Gasteiger partial charge in [0.15, 0.2) is 0 Å². The van der Waals surface area contributed by atoms with Gasteiger partial charge in [-0.1, -0.05) is 0 Å². The molecule has 0 fully saturated rings.